The van der Waals surface area contributed by atoms with Crippen molar-refractivity contribution in [1.29, 1.82) is 0 Å². The van der Waals surface area contributed by atoms with E-state index in [1.54, 1.807) is 6.40 Å². The number of likely N-dealkylation sites (N-methyl/N-ethyl adjacent to an activating group) is 1. The predicted molar refractivity (Wildman–Crippen MR) is 61.1 cm³/mol. The van der Waals surface area contributed by atoms with E-state index in [4.69, 9.17) is 20.6 Å². The number of terminal acetylenes is 1. The van der Waals surface area contributed by atoms with Gasteiger partial charge < -0.3 is 0 Å². The minimum atomic E-state index is -3.67. The molecule has 1 aromatic rings. The molecule has 0 saturated carbocycles. The SMILES string of the molecule is [2H]C#CCN(C([2H])([2H])[2H])[C@]([2H])(C([2H])([2H])[2H])C([2H])([2H])c1c([2H])c([2H])c([2H])c([2H])c1[2H]. The fourth-order valence-electron chi connectivity index (χ4n) is 0.656. The molecule has 1 rings (SSSR count). The van der Waals surface area contributed by atoms with Gasteiger partial charge in [-0.1, -0.05) is 36.1 Å². The molecule has 0 N–H and O–H groups in total. The number of nitrogens with zero attached hydrogens (tertiary/aromatic N) is 1. The zero-order valence-electron chi connectivity index (χ0n) is 22.2. The summed E-state index contributed by atoms with van der Waals surface area (Å²) in [6.45, 7) is -8.06. The van der Waals surface area contributed by atoms with Crippen LogP contribution in [0.3, 0.4) is 0 Å². The standard InChI is InChI=1S/C13H17N/c1-4-10-14(3)12(2)11-13-8-6-5-7-9-13/h1,5-9,12H,10-11H2,2-3H3/t12-/m1/s1/i1D,2D3,3D3,5D,6D,7D,8D,9D,11D2,12D. The Morgan fingerprint density at radius 1 is 1.79 bits per heavy atom. The summed E-state index contributed by atoms with van der Waals surface area (Å²) in [5.41, 5.74) is -1.16. The van der Waals surface area contributed by atoms with Gasteiger partial charge in [0, 0.05) is 18.4 Å². The number of hydrogen-bond donors (Lipinski definition) is 0. The van der Waals surface area contributed by atoms with Gasteiger partial charge in [-0.3, -0.25) is 4.90 Å². The van der Waals surface area contributed by atoms with Gasteiger partial charge in [-0.15, -0.1) is 6.40 Å². The van der Waals surface area contributed by atoms with Crippen molar-refractivity contribution in [2.75, 3.05) is 13.5 Å². The number of benzene rings is 1. The average Bonchev–Trinajstić information content (AvgIpc) is 2.56. The first-order valence-electron chi connectivity index (χ1n) is 11.1. The van der Waals surface area contributed by atoms with Gasteiger partial charge in [-0.05, 0) is 25.8 Å². The lowest BCUT2D eigenvalue weighted by Crippen LogP contribution is -2.31. The van der Waals surface area contributed by atoms with Crippen molar-refractivity contribution in [3.8, 4) is 12.3 Å². The Bertz CT molecular complexity index is 814. The molecule has 1 nitrogen and oxygen atoms in total. The average molecular weight is 202 g/mol. The van der Waals surface area contributed by atoms with Crippen molar-refractivity contribution in [3.05, 3.63) is 35.8 Å². The summed E-state index contributed by atoms with van der Waals surface area (Å²) in [6.07, 6.45) is -2.00. The molecule has 0 aliphatic carbocycles. The van der Waals surface area contributed by atoms with E-state index in [1.165, 1.54) is 0 Å². The Hall–Kier alpha value is -1.26. The Labute approximate surface area is 108 Å². The van der Waals surface area contributed by atoms with E-state index in [1.807, 2.05) is 5.92 Å². The van der Waals surface area contributed by atoms with Crippen LogP contribution in [0, 0.1) is 12.3 Å². The fraction of sp³-hybridized carbons (Fsp3) is 0.385. The second kappa shape index (κ2) is 5.47. The van der Waals surface area contributed by atoms with Crippen LogP contribution in [0.25, 0.3) is 0 Å². The van der Waals surface area contributed by atoms with E-state index in [0.29, 0.717) is 0 Å². The molecule has 0 unspecified atom stereocenters. The van der Waals surface area contributed by atoms with Crippen LogP contribution in [0.15, 0.2) is 30.2 Å². The first-order valence-corrected chi connectivity index (χ1v) is 3.62. The molecule has 0 amide bonds. The second-order valence-corrected chi connectivity index (χ2v) is 2.24. The summed E-state index contributed by atoms with van der Waals surface area (Å²) in [4.78, 5) is -0.0741. The highest BCUT2D eigenvalue weighted by atomic mass is 15.1. The maximum Gasteiger partial charge on any atom is 0.124 e. The summed E-state index contributed by atoms with van der Waals surface area (Å²) >= 11 is 0. The first kappa shape index (κ1) is 2.28. The third-order valence-corrected chi connectivity index (χ3v) is 1.25. The zero-order chi connectivity index (χ0) is 23.2. The van der Waals surface area contributed by atoms with Crippen molar-refractivity contribution in [1.82, 2.24) is 4.90 Å². The highest BCUT2D eigenvalue weighted by Gasteiger charge is 2.07. The van der Waals surface area contributed by atoms with Crippen molar-refractivity contribution in [3.63, 3.8) is 0 Å². The molecule has 1 aromatic carbocycles. The summed E-state index contributed by atoms with van der Waals surface area (Å²) in [7, 11) is 0. The molecular formula is C13H17N. The van der Waals surface area contributed by atoms with Crippen LogP contribution in [-0.2, 0) is 6.37 Å². The van der Waals surface area contributed by atoms with Gasteiger partial charge in [-0.25, -0.2) is 0 Å². The van der Waals surface area contributed by atoms with E-state index in [-0.39, 0.29) is 4.90 Å². The van der Waals surface area contributed by atoms with Gasteiger partial charge >= 0.3 is 0 Å². The quantitative estimate of drug-likeness (QED) is 0.677. The van der Waals surface area contributed by atoms with Gasteiger partial charge in [0.1, 0.15) is 1.37 Å². The smallest absolute Gasteiger partial charge is 0.124 e. The van der Waals surface area contributed by atoms with E-state index in [9.17, 15) is 0 Å². The maximum atomic E-state index is 8.45. The summed E-state index contributed by atoms with van der Waals surface area (Å²) < 4.78 is 116. The van der Waals surface area contributed by atoms with Gasteiger partial charge in [-0.2, -0.15) is 0 Å². The fourth-order valence-corrected chi connectivity index (χ4v) is 0.656. The van der Waals surface area contributed by atoms with Crippen LogP contribution in [0.4, 0.5) is 0 Å². The van der Waals surface area contributed by atoms with Gasteiger partial charge in [0.15, 0.2) is 0 Å². The first-order chi connectivity index (χ1) is 12.9. The third-order valence-electron chi connectivity index (χ3n) is 1.25. The van der Waals surface area contributed by atoms with E-state index in [0.717, 1.165) is 0 Å². The van der Waals surface area contributed by atoms with Crippen LogP contribution >= 0.6 is 0 Å². The lowest BCUT2D eigenvalue weighted by atomic mass is 10.1. The van der Waals surface area contributed by atoms with Crippen molar-refractivity contribution in [2.24, 2.45) is 0 Å². The monoisotopic (exact) mass is 202 g/mol. The van der Waals surface area contributed by atoms with Gasteiger partial charge in [0.05, 0.1) is 13.4 Å². The normalized spacial score (nSPS) is 32.5. The summed E-state index contributed by atoms with van der Waals surface area (Å²) in [6, 6.07) is -8.65. The molecule has 0 aliphatic heterocycles. The molecule has 0 aliphatic rings. The molecule has 0 aromatic heterocycles. The zero-order valence-corrected chi connectivity index (χ0v) is 7.15. The molecule has 0 fully saturated rings. The van der Waals surface area contributed by atoms with Crippen molar-refractivity contribution >= 4 is 0 Å². The second-order valence-electron chi connectivity index (χ2n) is 2.24. The number of hydrogen-bond acceptors (Lipinski definition) is 1. The van der Waals surface area contributed by atoms with Crippen LogP contribution in [0.5, 0.6) is 0 Å². The molecule has 0 bridgehead atoms. The van der Waals surface area contributed by atoms with Crippen LogP contribution in [0.1, 0.15) is 33.0 Å². The van der Waals surface area contributed by atoms with Crippen molar-refractivity contribution in [2.45, 2.75) is 19.2 Å². The minimum Gasteiger partial charge on any atom is -0.292 e. The van der Waals surface area contributed by atoms with Crippen LogP contribution < -0.4 is 0 Å². The van der Waals surface area contributed by atoms with Crippen molar-refractivity contribution < 1.29 is 20.6 Å². The maximum absolute atomic E-state index is 8.45. The lowest BCUT2D eigenvalue weighted by Gasteiger charge is -2.22. The Morgan fingerprint density at radius 3 is 3.29 bits per heavy atom. The third kappa shape index (κ3) is 3.24. The molecule has 0 radical (unpaired) electrons. The predicted octanol–water partition coefficient (Wildman–Crippen LogP) is 2.18. The Morgan fingerprint density at radius 2 is 2.64 bits per heavy atom. The minimum absolute atomic E-state index is 0.0741. The molecule has 14 heavy (non-hydrogen) atoms. The molecular weight excluding hydrogens is 170 g/mol. The summed E-state index contributed by atoms with van der Waals surface area (Å²) in [5, 5.41) is 0. The van der Waals surface area contributed by atoms with Gasteiger partial charge in [0.2, 0.25) is 0 Å². The molecule has 74 valence electrons. The van der Waals surface area contributed by atoms with E-state index in [2.05, 4.69) is 0 Å². The highest BCUT2D eigenvalue weighted by Crippen LogP contribution is 2.06. The molecule has 0 saturated heterocycles. The lowest BCUT2D eigenvalue weighted by molar-refractivity contribution is 0.287. The Kier molecular flexibility index (Phi) is 0.891. The van der Waals surface area contributed by atoms with E-state index < -0.39 is 68.5 Å². The van der Waals surface area contributed by atoms with E-state index >= 15 is 0 Å². The largest absolute Gasteiger partial charge is 0.292 e. The van der Waals surface area contributed by atoms with Gasteiger partial charge in [0.25, 0.3) is 0 Å². The highest BCUT2D eigenvalue weighted by molar-refractivity contribution is 5.15. The topological polar surface area (TPSA) is 3.24 Å². The van der Waals surface area contributed by atoms with Crippen LogP contribution in [-0.4, -0.2) is 24.4 Å². The molecule has 0 heterocycles. The molecule has 1 heteroatoms. The molecule has 1 atom stereocenters. The summed E-state index contributed by atoms with van der Waals surface area (Å²) in [5.74, 6) is 1.97. The number of rotatable bonds is 4. The molecule has 0 spiro atoms. The van der Waals surface area contributed by atoms with Crippen LogP contribution in [0.2, 0.25) is 0 Å². The Balaban J connectivity index is 4.05.